The van der Waals surface area contributed by atoms with Gasteiger partial charge in [-0.1, -0.05) is 42.5 Å². The van der Waals surface area contributed by atoms with Crippen LogP contribution in [0.2, 0.25) is 0 Å². The fraction of sp³-hybridized carbons (Fsp3) is 0.312. The van der Waals surface area contributed by atoms with Gasteiger partial charge in [-0.25, -0.2) is 0 Å². The standard InChI is InChI=1S/C16H16O3/c17-15(18)16(8-9-19-11-16)10-13-6-3-5-12-4-1-2-7-14(12)13/h1-7H,8-11H2,(H,17,18). The Bertz CT molecular complexity index is 607. The average molecular weight is 256 g/mol. The quantitative estimate of drug-likeness (QED) is 0.918. The van der Waals surface area contributed by atoms with E-state index in [0.717, 1.165) is 16.3 Å². The molecule has 1 N–H and O–H groups in total. The van der Waals surface area contributed by atoms with Crippen LogP contribution >= 0.6 is 0 Å². The van der Waals surface area contributed by atoms with Gasteiger partial charge in [-0.05, 0) is 29.2 Å². The molecule has 1 fully saturated rings. The molecule has 3 heteroatoms. The summed E-state index contributed by atoms with van der Waals surface area (Å²) < 4.78 is 5.33. The van der Waals surface area contributed by atoms with Crippen LogP contribution in [0, 0.1) is 5.41 Å². The lowest BCUT2D eigenvalue weighted by atomic mass is 9.80. The Morgan fingerprint density at radius 2 is 2.00 bits per heavy atom. The van der Waals surface area contributed by atoms with Crippen molar-refractivity contribution in [1.29, 1.82) is 0 Å². The molecular weight excluding hydrogens is 240 g/mol. The van der Waals surface area contributed by atoms with Crippen molar-refractivity contribution in [2.24, 2.45) is 5.41 Å². The molecular formula is C16H16O3. The molecule has 1 aliphatic heterocycles. The molecule has 0 saturated carbocycles. The second-order valence-electron chi connectivity index (χ2n) is 5.20. The molecule has 1 unspecified atom stereocenters. The number of benzene rings is 2. The number of aliphatic carboxylic acids is 1. The molecule has 98 valence electrons. The molecule has 1 aliphatic rings. The summed E-state index contributed by atoms with van der Waals surface area (Å²) in [7, 11) is 0. The number of carboxylic acids is 1. The van der Waals surface area contributed by atoms with E-state index in [1.165, 1.54) is 0 Å². The van der Waals surface area contributed by atoms with E-state index in [4.69, 9.17) is 4.74 Å². The maximum Gasteiger partial charge on any atom is 0.312 e. The van der Waals surface area contributed by atoms with E-state index in [1.54, 1.807) is 0 Å². The van der Waals surface area contributed by atoms with Crippen molar-refractivity contribution < 1.29 is 14.6 Å². The lowest BCUT2D eigenvalue weighted by molar-refractivity contribution is -0.148. The highest BCUT2D eigenvalue weighted by Gasteiger charge is 2.42. The number of hydrogen-bond donors (Lipinski definition) is 1. The van der Waals surface area contributed by atoms with Gasteiger partial charge in [0.2, 0.25) is 0 Å². The molecule has 0 aliphatic carbocycles. The first-order chi connectivity index (χ1) is 9.21. The van der Waals surface area contributed by atoms with Gasteiger partial charge in [-0.15, -0.1) is 0 Å². The molecule has 0 radical (unpaired) electrons. The number of hydrogen-bond acceptors (Lipinski definition) is 2. The third kappa shape index (κ3) is 2.10. The van der Waals surface area contributed by atoms with Crippen molar-refractivity contribution in [1.82, 2.24) is 0 Å². The lowest BCUT2D eigenvalue weighted by Crippen LogP contribution is -2.33. The normalized spacial score (nSPS) is 22.7. The van der Waals surface area contributed by atoms with Crippen molar-refractivity contribution in [2.45, 2.75) is 12.8 Å². The lowest BCUT2D eigenvalue weighted by Gasteiger charge is -2.22. The van der Waals surface area contributed by atoms with Crippen LogP contribution in [-0.4, -0.2) is 24.3 Å². The van der Waals surface area contributed by atoms with E-state index in [0.29, 0.717) is 26.1 Å². The van der Waals surface area contributed by atoms with Gasteiger partial charge in [0.1, 0.15) is 0 Å². The minimum absolute atomic E-state index is 0.311. The van der Waals surface area contributed by atoms with Crippen LogP contribution in [0.3, 0.4) is 0 Å². The van der Waals surface area contributed by atoms with Crippen LogP contribution in [-0.2, 0) is 16.0 Å². The smallest absolute Gasteiger partial charge is 0.312 e. The van der Waals surface area contributed by atoms with Crippen LogP contribution in [0.5, 0.6) is 0 Å². The molecule has 1 heterocycles. The van der Waals surface area contributed by atoms with Crippen molar-refractivity contribution in [2.75, 3.05) is 13.2 Å². The molecule has 3 nitrogen and oxygen atoms in total. The molecule has 0 amide bonds. The Hall–Kier alpha value is -1.87. The van der Waals surface area contributed by atoms with Crippen molar-refractivity contribution >= 4 is 16.7 Å². The van der Waals surface area contributed by atoms with Gasteiger partial charge in [-0.3, -0.25) is 4.79 Å². The number of carbonyl (C=O) groups is 1. The van der Waals surface area contributed by atoms with Gasteiger partial charge in [-0.2, -0.15) is 0 Å². The van der Waals surface area contributed by atoms with Gasteiger partial charge in [0.25, 0.3) is 0 Å². The minimum atomic E-state index is -0.760. The number of rotatable bonds is 3. The zero-order chi connectivity index (χ0) is 13.3. The maximum absolute atomic E-state index is 11.6. The highest BCUT2D eigenvalue weighted by atomic mass is 16.5. The molecule has 1 atom stereocenters. The fourth-order valence-electron chi connectivity index (χ4n) is 2.80. The first-order valence-corrected chi connectivity index (χ1v) is 6.49. The van der Waals surface area contributed by atoms with E-state index in [2.05, 4.69) is 18.2 Å². The van der Waals surface area contributed by atoms with Gasteiger partial charge >= 0.3 is 5.97 Å². The second-order valence-corrected chi connectivity index (χ2v) is 5.20. The summed E-state index contributed by atoms with van der Waals surface area (Å²) in [5.41, 5.74) is 0.329. The van der Waals surface area contributed by atoms with E-state index in [9.17, 15) is 9.90 Å². The van der Waals surface area contributed by atoms with Crippen LogP contribution < -0.4 is 0 Å². The molecule has 2 aromatic carbocycles. The summed E-state index contributed by atoms with van der Waals surface area (Å²) in [6, 6.07) is 14.2. The summed E-state index contributed by atoms with van der Waals surface area (Å²) in [6.07, 6.45) is 1.12. The first kappa shape index (κ1) is 12.2. The number of ether oxygens (including phenoxy) is 1. The van der Waals surface area contributed by atoms with Gasteiger partial charge in [0, 0.05) is 6.61 Å². The molecule has 3 rings (SSSR count). The Morgan fingerprint density at radius 1 is 1.21 bits per heavy atom. The van der Waals surface area contributed by atoms with Crippen molar-refractivity contribution in [3.05, 3.63) is 48.0 Å². The third-order valence-corrected chi connectivity index (χ3v) is 3.97. The largest absolute Gasteiger partial charge is 0.481 e. The molecule has 2 aromatic rings. The van der Waals surface area contributed by atoms with Crippen LogP contribution in [0.25, 0.3) is 10.8 Å². The summed E-state index contributed by atoms with van der Waals surface area (Å²) in [6.45, 7) is 0.850. The molecule has 1 saturated heterocycles. The summed E-state index contributed by atoms with van der Waals surface area (Å²) >= 11 is 0. The molecule has 0 aromatic heterocycles. The Morgan fingerprint density at radius 3 is 2.74 bits per heavy atom. The number of fused-ring (bicyclic) bond motifs is 1. The van der Waals surface area contributed by atoms with Crippen LogP contribution in [0.1, 0.15) is 12.0 Å². The van der Waals surface area contributed by atoms with Gasteiger partial charge in [0.15, 0.2) is 0 Å². The highest BCUT2D eigenvalue weighted by molar-refractivity contribution is 5.86. The van der Waals surface area contributed by atoms with E-state index in [-0.39, 0.29) is 0 Å². The van der Waals surface area contributed by atoms with Crippen molar-refractivity contribution in [3.8, 4) is 0 Å². The summed E-state index contributed by atoms with van der Waals surface area (Å²) in [5, 5.41) is 11.8. The van der Waals surface area contributed by atoms with Crippen LogP contribution in [0.4, 0.5) is 0 Å². The predicted molar refractivity (Wildman–Crippen MR) is 73.2 cm³/mol. The predicted octanol–water partition coefficient (Wildman–Crippen LogP) is 2.87. The minimum Gasteiger partial charge on any atom is -0.481 e. The highest BCUT2D eigenvalue weighted by Crippen LogP contribution is 2.35. The van der Waals surface area contributed by atoms with E-state index in [1.807, 2.05) is 24.3 Å². The summed E-state index contributed by atoms with van der Waals surface area (Å²) in [5.74, 6) is -0.752. The zero-order valence-electron chi connectivity index (χ0n) is 10.6. The molecule has 19 heavy (non-hydrogen) atoms. The number of carboxylic acid groups (broad SMARTS) is 1. The van der Waals surface area contributed by atoms with Gasteiger partial charge in [0.05, 0.1) is 12.0 Å². The summed E-state index contributed by atoms with van der Waals surface area (Å²) in [4.78, 5) is 11.6. The monoisotopic (exact) mass is 256 g/mol. The topological polar surface area (TPSA) is 46.5 Å². The average Bonchev–Trinajstić information content (AvgIpc) is 2.89. The van der Waals surface area contributed by atoms with Crippen molar-refractivity contribution in [3.63, 3.8) is 0 Å². The Labute approximate surface area is 111 Å². The molecule has 0 bridgehead atoms. The van der Waals surface area contributed by atoms with E-state index < -0.39 is 11.4 Å². The zero-order valence-corrected chi connectivity index (χ0v) is 10.6. The van der Waals surface area contributed by atoms with Gasteiger partial charge < -0.3 is 9.84 Å². The first-order valence-electron chi connectivity index (χ1n) is 6.49. The second kappa shape index (κ2) is 4.67. The van der Waals surface area contributed by atoms with E-state index >= 15 is 0 Å². The fourth-order valence-corrected chi connectivity index (χ4v) is 2.80. The SMILES string of the molecule is O=C(O)C1(Cc2cccc3ccccc23)CCOC1. The van der Waals surface area contributed by atoms with Crippen LogP contribution in [0.15, 0.2) is 42.5 Å². The Balaban J connectivity index is 2.03. The Kier molecular flexibility index (Phi) is 2.99. The third-order valence-electron chi connectivity index (χ3n) is 3.97. The maximum atomic E-state index is 11.6. The molecule has 0 spiro atoms.